The Hall–Kier alpha value is -1.09. The molecule has 1 aromatic heterocycles. The minimum atomic E-state index is -0.0739. The van der Waals surface area contributed by atoms with E-state index in [1.807, 2.05) is 19.1 Å². The predicted octanol–water partition coefficient (Wildman–Crippen LogP) is 2.35. The van der Waals surface area contributed by atoms with Crippen molar-refractivity contribution in [2.24, 2.45) is 0 Å². The van der Waals surface area contributed by atoms with Crippen LogP contribution in [0.25, 0.3) is 0 Å². The molecule has 15 heavy (non-hydrogen) atoms. The summed E-state index contributed by atoms with van der Waals surface area (Å²) in [5.74, 6) is 0.882. The molecule has 0 spiro atoms. The van der Waals surface area contributed by atoms with Crippen LogP contribution in [0.4, 0.5) is 5.82 Å². The van der Waals surface area contributed by atoms with Crippen molar-refractivity contribution >= 4 is 5.82 Å². The van der Waals surface area contributed by atoms with E-state index >= 15 is 0 Å². The van der Waals surface area contributed by atoms with E-state index < -0.39 is 0 Å². The summed E-state index contributed by atoms with van der Waals surface area (Å²) < 4.78 is 0. The second-order valence-electron chi connectivity index (χ2n) is 4.23. The van der Waals surface area contributed by atoms with Gasteiger partial charge in [0, 0.05) is 18.3 Å². The van der Waals surface area contributed by atoms with Crippen molar-refractivity contribution in [1.82, 2.24) is 4.98 Å². The third-order valence-electron chi connectivity index (χ3n) is 2.79. The quantitative estimate of drug-likeness (QED) is 0.780. The summed E-state index contributed by atoms with van der Waals surface area (Å²) >= 11 is 0. The maximum absolute atomic E-state index is 9.01. The molecule has 0 amide bonds. The lowest BCUT2D eigenvalue weighted by Gasteiger charge is -2.29. The Bertz CT molecular complexity index is 314. The largest absolute Gasteiger partial charge is 0.396 e. The van der Waals surface area contributed by atoms with Gasteiger partial charge >= 0.3 is 0 Å². The van der Waals surface area contributed by atoms with E-state index in [0.29, 0.717) is 0 Å². The number of nitrogens with zero attached hydrogens (tertiary/aromatic N) is 1. The number of hydrogen-bond donors (Lipinski definition) is 2. The molecule has 0 fully saturated rings. The average molecular weight is 208 g/mol. The Morgan fingerprint density at radius 3 is 2.80 bits per heavy atom. The summed E-state index contributed by atoms with van der Waals surface area (Å²) in [5.41, 5.74) is 1.12. The molecule has 0 saturated heterocycles. The SMILES string of the molecule is CCC(C)(CCO)Nc1cc(C)ccn1. The van der Waals surface area contributed by atoms with Crippen LogP contribution in [0.5, 0.6) is 0 Å². The molecule has 84 valence electrons. The van der Waals surface area contributed by atoms with E-state index in [1.54, 1.807) is 6.20 Å². The first kappa shape index (κ1) is 12.0. The first-order valence-electron chi connectivity index (χ1n) is 5.41. The second-order valence-corrected chi connectivity index (χ2v) is 4.23. The van der Waals surface area contributed by atoms with Crippen LogP contribution in [0, 0.1) is 6.92 Å². The normalized spacial score (nSPS) is 14.7. The lowest BCUT2D eigenvalue weighted by Crippen LogP contribution is -2.35. The summed E-state index contributed by atoms with van der Waals surface area (Å²) in [5, 5.41) is 12.4. The highest BCUT2D eigenvalue weighted by molar-refractivity contribution is 5.39. The van der Waals surface area contributed by atoms with Crippen LogP contribution < -0.4 is 5.32 Å². The number of aryl methyl sites for hydroxylation is 1. The van der Waals surface area contributed by atoms with Crippen molar-refractivity contribution in [3.63, 3.8) is 0 Å². The van der Waals surface area contributed by atoms with E-state index in [4.69, 9.17) is 5.11 Å². The summed E-state index contributed by atoms with van der Waals surface area (Å²) in [7, 11) is 0. The molecule has 1 rings (SSSR count). The van der Waals surface area contributed by atoms with E-state index in [1.165, 1.54) is 5.56 Å². The third-order valence-corrected chi connectivity index (χ3v) is 2.79. The van der Waals surface area contributed by atoms with Crippen LogP contribution in [0.3, 0.4) is 0 Å². The van der Waals surface area contributed by atoms with Crippen LogP contribution in [0.2, 0.25) is 0 Å². The lowest BCUT2D eigenvalue weighted by molar-refractivity contribution is 0.252. The standard InChI is InChI=1S/C12H20N2O/c1-4-12(3,6-8-15)14-11-9-10(2)5-7-13-11/h5,7,9,15H,4,6,8H2,1-3H3,(H,13,14). The van der Waals surface area contributed by atoms with Gasteiger partial charge in [-0.2, -0.15) is 0 Å². The number of pyridine rings is 1. The molecule has 0 radical (unpaired) electrons. The molecular weight excluding hydrogens is 188 g/mol. The Labute approximate surface area is 91.5 Å². The van der Waals surface area contributed by atoms with Gasteiger partial charge in [0.05, 0.1) is 0 Å². The van der Waals surface area contributed by atoms with E-state index in [-0.39, 0.29) is 12.1 Å². The first-order chi connectivity index (χ1) is 7.09. The summed E-state index contributed by atoms with van der Waals surface area (Å²) in [6, 6.07) is 3.99. The van der Waals surface area contributed by atoms with Crippen LogP contribution >= 0.6 is 0 Å². The predicted molar refractivity (Wildman–Crippen MR) is 63.0 cm³/mol. The molecule has 0 aliphatic heterocycles. The molecule has 2 N–H and O–H groups in total. The van der Waals surface area contributed by atoms with Crippen LogP contribution in [0.15, 0.2) is 18.3 Å². The van der Waals surface area contributed by atoms with Gasteiger partial charge in [0.2, 0.25) is 0 Å². The Morgan fingerprint density at radius 2 is 2.27 bits per heavy atom. The number of anilines is 1. The Balaban J connectivity index is 2.74. The number of aliphatic hydroxyl groups is 1. The van der Waals surface area contributed by atoms with Gasteiger partial charge in [-0.3, -0.25) is 0 Å². The number of aromatic nitrogens is 1. The fraction of sp³-hybridized carbons (Fsp3) is 0.583. The second kappa shape index (κ2) is 5.12. The third kappa shape index (κ3) is 3.51. The maximum Gasteiger partial charge on any atom is 0.126 e. The van der Waals surface area contributed by atoms with Crippen LogP contribution in [0.1, 0.15) is 32.3 Å². The van der Waals surface area contributed by atoms with Crippen molar-refractivity contribution in [2.75, 3.05) is 11.9 Å². The minimum Gasteiger partial charge on any atom is -0.396 e. The smallest absolute Gasteiger partial charge is 0.126 e. The van der Waals surface area contributed by atoms with Gasteiger partial charge in [-0.15, -0.1) is 0 Å². The van der Waals surface area contributed by atoms with E-state index in [2.05, 4.69) is 24.1 Å². The number of aliphatic hydroxyl groups excluding tert-OH is 1. The molecule has 1 unspecified atom stereocenters. The first-order valence-corrected chi connectivity index (χ1v) is 5.41. The molecule has 0 aliphatic rings. The summed E-state index contributed by atoms with van der Waals surface area (Å²) in [6.07, 6.45) is 3.50. The van der Waals surface area contributed by atoms with Gasteiger partial charge in [0.25, 0.3) is 0 Å². The van der Waals surface area contributed by atoms with Gasteiger partial charge in [-0.05, 0) is 44.4 Å². The lowest BCUT2D eigenvalue weighted by atomic mass is 9.95. The fourth-order valence-corrected chi connectivity index (χ4v) is 1.49. The van der Waals surface area contributed by atoms with Crippen molar-refractivity contribution in [2.45, 2.75) is 39.2 Å². The van der Waals surface area contributed by atoms with Crippen molar-refractivity contribution in [1.29, 1.82) is 0 Å². The monoisotopic (exact) mass is 208 g/mol. The molecule has 0 bridgehead atoms. The number of hydrogen-bond acceptors (Lipinski definition) is 3. The molecular formula is C12H20N2O. The highest BCUT2D eigenvalue weighted by Gasteiger charge is 2.21. The molecule has 0 aromatic carbocycles. The van der Waals surface area contributed by atoms with Gasteiger partial charge in [0.1, 0.15) is 5.82 Å². The number of rotatable bonds is 5. The number of nitrogens with one attached hydrogen (secondary N) is 1. The van der Waals surface area contributed by atoms with Gasteiger partial charge < -0.3 is 10.4 Å². The van der Waals surface area contributed by atoms with Gasteiger partial charge in [0.15, 0.2) is 0 Å². The highest BCUT2D eigenvalue weighted by Crippen LogP contribution is 2.20. The molecule has 1 heterocycles. The van der Waals surface area contributed by atoms with E-state index in [9.17, 15) is 0 Å². The Morgan fingerprint density at radius 1 is 1.53 bits per heavy atom. The highest BCUT2D eigenvalue weighted by atomic mass is 16.3. The van der Waals surface area contributed by atoms with Crippen molar-refractivity contribution in [3.05, 3.63) is 23.9 Å². The zero-order valence-corrected chi connectivity index (χ0v) is 9.75. The fourth-order valence-electron chi connectivity index (χ4n) is 1.49. The molecule has 3 nitrogen and oxygen atoms in total. The molecule has 1 atom stereocenters. The van der Waals surface area contributed by atoms with Crippen molar-refractivity contribution in [3.8, 4) is 0 Å². The molecule has 0 aliphatic carbocycles. The van der Waals surface area contributed by atoms with Gasteiger partial charge in [-0.25, -0.2) is 4.98 Å². The van der Waals surface area contributed by atoms with E-state index in [0.717, 1.165) is 18.7 Å². The summed E-state index contributed by atoms with van der Waals surface area (Å²) in [6.45, 7) is 6.46. The zero-order chi connectivity index (χ0) is 11.3. The maximum atomic E-state index is 9.01. The molecule has 1 aromatic rings. The average Bonchev–Trinajstić information content (AvgIpc) is 2.18. The van der Waals surface area contributed by atoms with Gasteiger partial charge in [-0.1, -0.05) is 6.92 Å². The van der Waals surface area contributed by atoms with Crippen molar-refractivity contribution < 1.29 is 5.11 Å². The summed E-state index contributed by atoms with van der Waals surface area (Å²) in [4.78, 5) is 4.26. The van der Waals surface area contributed by atoms with Crippen LogP contribution in [-0.2, 0) is 0 Å². The molecule has 3 heteroatoms. The Kier molecular flexibility index (Phi) is 4.09. The molecule has 0 saturated carbocycles. The zero-order valence-electron chi connectivity index (χ0n) is 9.75. The topological polar surface area (TPSA) is 45.1 Å². The van der Waals surface area contributed by atoms with Crippen LogP contribution in [-0.4, -0.2) is 22.2 Å². The minimum absolute atomic E-state index is 0.0739.